The summed E-state index contributed by atoms with van der Waals surface area (Å²) in [4.78, 5) is 0. The molecule has 0 heterocycles. The summed E-state index contributed by atoms with van der Waals surface area (Å²) in [6.45, 7) is -0.151. The molecule has 0 fully saturated rings. The van der Waals surface area contributed by atoms with Gasteiger partial charge in [-0.15, -0.1) is 0 Å². The monoisotopic (exact) mass is 202 g/mol. The Labute approximate surface area is 87.8 Å². The van der Waals surface area contributed by atoms with Crippen LogP contribution in [0.3, 0.4) is 0 Å². The standard InChI is InChI=1S/C13H11FO/c14-12-6-7-13(11(8-12)9-15)10-4-2-1-3-5-10/h1-8,15H,9H2. The molecular formula is C13H11FO. The molecule has 0 aliphatic heterocycles. The Morgan fingerprint density at radius 2 is 1.73 bits per heavy atom. The van der Waals surface area contributed by atoms with Crippen LogP contribution in [0.5, 0.6) is 0 Å². The van der Waals surface area contributed by atoms with Crippen LogP contribution in [0.4, 0.5) is 4.39 Å². The molecule has 0 atom stereocenters. The van der Waals surface area contributed by atoms with Crippen LogP contribution >= 0.6 is 0 Å². The summed E-state index contributed by atoms with van der Waals surface area (Å²) in [6.07, 6.45) is 0. The zero-order valence-corrected chi connectivity index (χ0v) is 8.15. The van der Waals surface area contributed by atoms with Gasteiger partial charge >= 0.3 is 0 Å². The van der Waals surface area contributed by atoms with Gasteiger partial charge in [0.15, 0.2) is 0 Å². The lowest BCUT2D eigenvalue weighted by Gasteiger charge is -2.07. The maximum absolute atomic E-state index is 12.9. The Hall–Kier alpha value is -1.67. The number of halogens is 1. The molecule has 0 saturated carbocycles. The summed E-state index contributed by atoms with van der Waals surface area (Å²) >= 11 is 0. The van der Waals surface area contributed by atoms with Crippen LogP contribution in [0.25, 0.3) is 11.1 Å². The van der Waals surface area contributed by atoms with Crippen molar-refractivity contribution in [2.45, 2.75) is 6.61 Å². The molecule has 2 aromatic carbocycles. The van der Waals surface area contributed by atoms with Gasteiger partial charge < -0.3 is 5.11 Å². The number of rotatable bonds is 2. The molecule has 1 nitrogen and oxygen atoms in total. The fourth-order valence-electron chi connectivity index (χ4n) is 1.59. The molecule has 0 bridgehead atoms. The molecular weight excluding hydrogens is 191 g/mol. The Kier molecular flexibility index (Phi) is 2.79. The van der Waals surface area contributed by atoms with Crippen molar-refractivity contribution in [1.29, 1.82) is 0 Å². The molecule has 0 radical (unpaired) electrons. The van der Waals surface area contributed by atoms with Crippen molar-refractivity contribution in [3.63, 3.8) is 0 Å². The summed E-state index contributed by atoms with van der Waals surface area (Å²) in [6, 6.07) is 14.1. The number of hydrogen-bond acceptors (Lipinski definition) is 1. The highest BCUT2D eigenvalue weighted by atomic mass is 19.1. The van der Waals surface area contributed by atoms with Gasteiger partial charge in [-0.05, 0) is 28.8 Å². The molecule has 0 aliphatic rings. The lowest BCUT2D eigenvalue weighted by Crippen LogP contribution is -1.90. The van der Waals surface area contributed by atoms with Crippen LogP contribution in [0.2, 0.25) is 0 Å². The summed E-state index contributed by atoms with van der Waals surface area (Å²) in [5.41, 5.74) is 2.47. The number of hydrogen-bond donors (Lipinski definition) is 1. The van der Waals surface area contributed by atoms with Crippen LogP contribution < -0.4 is 0 Å². The first-order chi connectivity index (χ1) is 7.31. The third-order valence-electron chi connectivity index (χ3n) is 2.32. The highest BCUT2D eigenvalue weighted by Gasteiger charge is 2.04. The van der Waals surface area contributed by atoms with E-state index in [-0.39, 0.29) is 12.4 Å². The second kappa shape index (κ2) is 4.24. The van der Waals surface area contributed by atoms with Crippen molar-refractivity contribution in [2.75, 3.05) is 0 Å². The topological polar surface area (TPSA) is 20.2 Å². The van der Waals surface area contributed by atoms with Gasteiger partial charge in [0.2, 0.25) is 0 Å². The quantitative estimate of drug-likeness (QED) is 0.793. The van der Waals surface area contributed by atoms with Gasteiger partial charge in [0.05, 0.1) is 6.61 Å². The molecule has 0 aromatic heterocycles. The minimum absolute atomic E-state index is 0.151. The van der Waals surface area contributed by atoms with E-state index in [2.05, 4.69) is 0 Å². The maximum atomic E-state index is 12.9. The summed E-state index contributed by atoms with van der Waals surface area (Å²) < 4.78 is 12.9. The molecule has 15 heavy (non-hydrogen) atoms. The molecule has 76 valence electrons. The molecule has 0 aliphatic carbocycles. The minimum atomic E-state index is -0.321. The van der Waals surface area contributed by atoms with Crippen molar-refractivity contribution in [3.05, 3.63) is 59.9 Å². The Bertz CT molecular complexity index is 451. The van der Waals surface area contributed by atoms with Gasteiger partial charge in [0.1, 0.15) is 5.82 Å². The largest absolute Gasteiger partial charge is 0.392 e. The van der Waals surface area contributed by atoms with E-state index in [1.165, 1.54) is 12.1 Å². The average molecular weight is 202 g/mol. The van der Waals surface area contributed by atoms with Gasteiger partial charge in [0, 0.05) is 0 Å². The van der Waals surface area contributed by atoms with E-state index in [1.807, 2.05) is 30.3 Å². The predicted octanol–water partition coefficient (Wildman–Crippen LogP) is 2.99. The molecule has 0 saturated heterocycles. The van der Waals surface area contributed by atoms with E-state index in [4.69, 9.17) is 5.11 Å². The maximum Gasteiger partial charge on any atom is 0.123 e. The van der Waals surface area contributed by atoms with Crippen molar-refractivity contribution in [3.8, 4) is 11.1 Å². The van der Waals surface area contributed by atoms with E-state index in [9.17, 15) is 4.39 Å². The SMILES string of the molecule is OCc1cc(F)ccc1-c1ccccc1. The number of benzene rings is 2. The summed E-state index contributed by atoms with van der Waals surface area (Å²) in [5.74, 6) is -0.321. The van der Waals surface area contributed by atoms with Crippen LogP contribution in [0.15, 0.2) is 48.5 Å². The van der Waals surface area contributed by atoms with Crippen molar-refractivity contribution < 1.29 is 9.50 Å². The summed E-state index contributed by atoms with van der Waals surface area (Å²) in [7, 11) is 0. The molecule has 2 aromatic rings. The van der Waals surface area contributed by atoms with E-state index < -0.39 is 0 Å². The Morgan fingerprint density at radius 3 is 2.40 bits per heavy atom. The first-order valence-electron chi connectivity index (χ1n) is 4.76. The molecule has 0 spiro atoms. The average Bonchev–Trinajstić information content (AvgIpc) is 2.30. The molecule has 2 rings (SSSR count). The molecule has 0 unspecified atom stereocenters. The lowest BCUT2D eigenvalue weighted by molar-refractivity contribution is 0.282. The van der Waals surface area contributed by atoms with Crippen LogP contribution in [0, 0.1) is 5.82 Å². The van der Waals surface area contributed by atoms with Crippen LogP contribution in [-0.4, -0.2) is 5.11 Å². The van der Waals surface area contributed by atoms with E-state index in [0.29, 0.717) is 5.56 Å². The normalized spacial score (nSPS) is 10.3. The second-order valence-corrected chi connectivity index (χ2v) is 3.33. The Balaban J connectivity index is 2.53. The first-order valence-corrected chi connectivity index (χ1v) is 4.76. The molecule has 0 amide bonds. The molecule has 1 N–H and O–H groups in total. The zero-order chi connectivity index (χ0) is 10.7. The second-order valence-electron chi connectivity index (χ2n) is 3.33. The van der Waals surface area contributed by atoms with Crippen LogP contribution in [0.1, 0.15) is 5.56 Å². The molecule has 2 heteroatoms. The van der Waals surface area contributed by atoms with Crippen molar-refractivity contribution in [2.24, 2.45) is 0 Å². The van der Waals surface area contributed by atoms with E-state index >= 15 is 0 Å². The number of aliphatic hydroxyl groups excluding tert-OH is 1. The van der Waals surface area contributed by atoms with Gasteiger partial charge in [0.25, 0.3) is 0 Å². The van der Waals surface area contributed by atoms with Gasteiger partial charge in [-0.25, -0.2) is 4.39 Å². The lowest BCUT2D eigenvalue weighted by atomic mass is 10.0. The third kappa shape index (κ3) is 2.05. The predicted molar refractivity (Wildman–Crippen MR) is 57.8 cm³/mol. The highest BCUT2D eigenvalue weighted by molar-refractivity contribution is 5.67. The minimum Gasteiger partial charge on any atom is -0.392 e. The van der Waals surface area contributed by atoms with Gasteiger partial charge in [-0.2, -0.15) is 0 Å². The third-order valence-corrected chi connectivity index (χ3v) is 2.32. The first kappa shape index (κ1) is 9.87. The van der Waals surface area contributed by atoms with E-state index in [0.717, 1.165) is 11.1 Å². The Morgan fingerprint density at radius 1 is 1.00 bits per heavy atom. The van der Waals surface area contributed by atoms with Gasteiger partial charge in [-0.1, -0.05) is 36.4 Å². The van der Waals surface area contributed by atoms with Gasteiger partial charge in [-0.3, -0.25) is 0 Å². The van der Waals surface area contributed by atoms with Crippen molar-refractivity contribution >= 4 is 0 Å². The number of aliphatic hydroxyl groups is 1. The zero-order valence-electron chi connectivity index (χ0n) is 8.15. The fourth-order valence-corrected chi connectivity index (χ4v) is 1.59. The smallest absolute Gasteiger partial charge is 0.123 e. The summed E-state index contributed by atoms with van der Waals surface area (Å²) in [5, 5.41) is 9.14. The fraction of sp³-hybridized carbons (Fsp3) is 0.0769. The van der Waals surface area contributed by atoms with Crippen LogP contribution in [-0.2, 0) is 6.61 Å². The van der Waals surface area contributed by atoms with E-state index in [1.54, 1.807) is 6.07 Å². The van der Waals surface area contributed by atoms with Crippen molar-refractivity contribution in [1.82, 2.24) is 0 Å². The highest BCUT2D eigenvalue weighted by Crippen LogP contribution is 2.24.